The number of hydrogen-bond acceptors (Lipinski definition) is 7. The monoisotopic (exact) mass is 463 g/mol. The molecule has 1 aromatic carbocycles. The van der Waals surface area contributed by atoms with Gasteiger partial charge in [-0.2, -0.15) is 0 Å². The van der Waals surface area contributed by atoms with Crippen molar-refractivity contribution in [3.8, 4) is 5.06 Å². The SMILES string of the molecule is COC(=O)[C@H](c1ccccc1Cl)N1CCc2sc(OC(=O)N3CCN(C)CC3)cc2C1. The maximum absolute atomic E-state index is 12.6. The Kier molecular flexibility index (Phi) is 6.81. The predicted octanol–water partition coefficient (Wildman–Crippen LogP) is 3.42. The first-order valence-corrected chi connectivity index (χ1v) is 11.5. The van der Waals surface area contributed by atoms with Crippen LogP contribution in [0.15, 0.2) is 30.3 Å². The van der Waals surface area contributed by atoms with Crippen LogP contribution in [0.3, 0.4) is 0 Å². The van der Waals surface area contributed by atoms with Gasteiger partial charge in [-0.25, -0.2) is 9.59 Å². The summed E-state index contributed by atoms with van der Waals surface area (Å²) < 4.78 is 10.7. The highest BCUT2D eigenvalue weighted by molar-refractivity contribution is 7.14. The van der Waals surface area contributed by atoms with E-state index >= 15 is 0 Å². The third-order valence-electron chi connectivity index (χ3n) is 5.81. The number of hydrogen-bond donors (Lipinski definition) is 0. The molecular weight excluding hydrogens is 438 g/mol. The molecule has 7 nitrogen and oxygen atoms in total. The zero-order valence-electron chi connectivity index (χ0n) is 17.7. The summed E-state index contributed by atoms with van der Waals surface area (Å²) in [5, 5.41) is 1.14. The van der Waals surface area contributed by atoms with Gasteiger partial charge in [0.2, 0.25) is 0 Å². The van der Waals surface area contributed by atoms with Crippen LogP contribution in [0.2, 0.25) is 5.02 Å². The van der Waals surface area contributed by atoms with E-state index in [1.165, 1.54) is 23.3 Å². The van der Waals surface area contributed by atoms with Gasteiger partial charge in [-0.1, -0.05) is 29.8 Å². The van der Waals surface area contributed by atoms with Crippen molar-refractivity contribution in [1.82, 2.24) is 14.7 Å². The molecule has 9 heteroatoms. The number of thiophene rings is 1. The van der Waals surface area contributed by atoms with Gasteiger partial charge in [0.25, 0.3) is 0 Å². The highest BCUT2D eigenvalue weighted by Crippen LogP contribution is 2.38. The van der Waals surface area contributed by atoms with Crippen LogP contribution in [0.5, 0.6) is 5.06 Å². The lowest BCUT2D eigenvalue weighted by molar-refractivity contribution is -0.147. The minimum atomic E-state index is -0.580. The minimum Gasteiger partial charge on any atom is -0.468 e. The van der Waals surface area contributed by atoms with Crippen molar-refractivity contribution >= 4 is 35.0 Å². The van der Waals surface area contributed by atoms with Crippen molar-refractivity contribution < 1.29 is 19.1 Å². The second-order valence-electron chi connectivity index (χ2n) is 7.84. The zero-order valence-corrected chi connectivity index (χ0v) is 19.2. The summed E-state index contributed by atoms with van der Waals surface area (Å²) in [6.45, 7) is 4.29. The molecule has 2 aromatic rings. The van der Waals surface area contributed by atoms with E-state index in [2.05, 4.69) is 9.80 Å². The first-order chi connectivity index (χ1) is 15.0. The van der Waals surface area contributed by atoms with Gasteiger partial charge in [0.05, 0.1) is 7.11 Å². The number of carbonyl (C=O) groups excluding carboxylic acids is 2. The number of piperazine rings is 1. The van der Waals surface area contributed by atoms with Gasteiger partial charge >= 0.3 is 12.1 Å². The Morgan fingerprint density at radius 2 is 1.87 bits per heavy atom. The number of benzene rings is 1. The van der Waals surface area contributed by atoms with Crippen molar-refractivity contribution in [1.29, 1.82) is 0 Å². The molecule has 0 radical (unpaired) electrons. The molecule has 0 N–H and O–H groups in total. The lowest BCUT2D eigenvalue weighted by atomic mass is 10.0. The summed E-state index contributed by atoms with van der Waals surface area (Å²) in [7, 11) is 3.44. The first kappa shape index (κ1) is 22.1. The number of amides is 1. The topological polar surface area (TPSA) is 62.3 Å². The number of likely N-dealkylation sites (N-methyl/N-ethyl adjacent to an activating group) is 1. The Morgan fingerprint density at radius 3 is 2.58 bits per heavy atom. The summed E-state index contributed by atoms with van der Waals surface area (Å²) in [6.07, 6.45) is 0.469. The second-order valence-corrected chi connectivity index (χ2v) is 9.35. The highest BCUT2D eigenvalue weighted by Gasteiger charge is 2.33. The quantitative estimate of drug-likeness (QED) is 0.647. The Balaban J connectivity index is 1.48. The average Bonchev–Trinajstić information content (AvgIpc) is 3.17. The van der Waals surface area contributed by atoms with Gasteiger partial charge in [-0.15, -0.1) is 11.3 Å². The van der Waals surface area contributed by atoms with E-state index < -0.39 is 6.04 Å². The molecule has 0 saturated carbocycles. The molecule has 31 heavy (non-hydrogen) atoms. The van der Waals surface area contributed by atoms with E-state index in [9.17, 15) is 9.59 Å². The van der Waals surface area contributed by atoms with E-state index in [4.69, 9.17) is 21.1 Å². The summed E-state index contributed by atoms with van der Waals surface area (Å²) in [6, 6.07) is 8.68. The number of methoxy groups -OCH3 is 1. The average molecular weight is 464 g/mol. The van der Waals surface area contributed by atoms with Crippen molar-refractivity contribution in [2.24, 2.45) is 0 Å². The van der Waals surface area contributed by atoms with Gasteiger partial charge in [0.1, 0.15) is 6.04 Å². The van der Waals surface area contributed by atoms with E-state index in [1.54, 1.807) is 11.0 Å². The maximum atomic E-state index is 12.6. The predicted molar refractivity (Wildman–Crippen MR) is 120 cm³/mol. The van der Waals surface area contributed by atoms with E-state index in [0.29, 0.717) is 36.3 Å². The summed E-state index contributed by atoms with van der Waals surface area (Å²) in [5.74, 6) is -0.339. The zero-order chi connectivity index (χ0) is 22.0. The van der Waals surface area contributed by atoms with Crippen LogP contribution in [0, 0.1) is 0 Å². The summed E-state index contributed by atoms with van der Waals surface area (Å²) in [5.41, 5.74) is 1.80. The summed E-state index contributed by atoms with van der Waals surface area (Å²) in [4.78, 5) is 32.3. The standard InChI is InChI=1S/C22H26ClN3O4S/c1-24-9-11-25(12-10-24)22(28)30-19-13-15-14-26(8-7-18(15)31-19)20(21(27)29-2)16-5-3-4-6-17(16)23/h3-6,13,20H,7-12,14H2,1-2H3/t20-/m0/s1. The van der Waals surface area contributed by atoms with Crippen molar-refractivity contribution in [3.05, 3.63) is 51.4 Å². The van der Waals surface area contributed by atoms with Crippen LogP contribution < -0.4 is 4.74 Å². The van der Waals surface area contributed by atoms with Crippen molar-refractivity contribution in [2.45, 2.75) is 19.0 Å². The van der Waals surface area contributed by atoms with Crippen molar-refractivity contribution in [3.63, 3.8) is 0 Å². The number of carbonyl (C=O) groups is 2. The van der Waals surface area contributed by atoms with Gasteiger partial charge < -0.3 is 19.3 Å². The molecule has 0 unspecified atom stereocenters. The van der Waals surface area contributed by atoms with E-state index in [1.807, 2.05) is 31.3 Å². The molecule has 4 rings (SSSR count). The van der Waals surface area contributed by atoms with Crippen LogP contribution in [-0.2, 0) is 22.5 Å². The molecule has 0 bridgehead atoms. The Labute approximate surface area is 191 Å². The van der Waals surface area contributed by atoms with Crippen LogP contribution in [0.25, 0.3) is 0 Å². The Bertz CT molecular complexity index is 958. The fourth-order valence-corrected chi connectivity index (χ4v) is 5.26. The normalized spacial score (nSPS) is 18.4. The van der Waals surface area contributed by atoms with Gasteiger partial charge in [-0.3, -0.25) is 4.90 Å². The van der Waals surface area contributed by atoms with E-state index in [0.717, 1.165) is 30.6 Å². The number of ether oxygens (including phenoxy) is 2. The third-order valence-corrected chi connectivity index (χ3v) is 7.27. The molecule has 0 aliphatic carbocycles. The summed E-state index contributed by atoms with van der Waals surface area (Å²) >= 11 is 7.89. The molecule has 1 aromatic heterocycles. The van der Waals surface area contributed by atoms with Gasteiger partial charge in [0.15, 0.2) is 5.06 Å². The molecule has 1 amide bonds. The molecule has 1 saturated heterocycles. The van der Waals surface area contributed by atoms with Crippen LogP contribution in [0.4, 0.5) is 4.79 Å². The van der Waals surface area contributed by atoms with Crippen LogP contribution in [-0.4, -0.2) is 73.6 Å². The molecule has 166 valence electrons. The Hall–Kier alpha value is -2.13. The molecule has 1 fully saturated rings. The molecule has 1 atom stereocenters. The number of halogens is 1. The molecule has 2 aliphatic rings. The van der Waals surface area contributed by atoms with E-state index in [-0.39, 0.29) is 12.1 Å². The third kappa shape index (κ3) is 4.87. The highest BCUT2D eigenvalue weighted by atomic mass is 35.5. The molecule has 3 heterocycles. The number of fused-ring (bicyclic) bond motifs is 1. The fraction of sp³-hybridized carbons (Fsp3) is 0.455. The second kappa shape index (κ2) is 9.56. The van der Waals surface area contributed by atoms with Crippen LogP contribution >= 0.6 is 22.9 Å². The first-order valence-electron chi connectivity index (χ1n) is 10.3. The molecular formula is C22H26ClN3O4S. The number of rotatable bonds is 4. The largest absolute Gasteiger partial charge is 0.468 e. The Morgan fingerprint density at radius 1 is 1.13 bits per heavy atom. The van der Waals surface area contributed by atoms with Gasteiger partial charge in [0, 0.05) is 49.2 Å². The minimum absolute atomic E-state index is 0.299. The maximum Gasteiger partial charge on any atom is 0.416 e. The van der Waals surface area contributed by atoms with Crippen LogP contribution in [0.1, 0.15) is 22.0 Å². The lowest BCUT2D eigenvalue weighted by Crippen LogP contribution is -2.48. The van der Waals surface area contributed by atoms with Gasteiger partial charge in [-0.05, 0) is 36.7 Å². The molecule has 2 aliphatic heterocycles. The lowest BCUT2D eigenvalue weighted by Gasteiger charge is -2.33. The number of esters is 1. The number of nitrogens with zero attached hydrogens (tertiary/aromatic N) is 3. The smallest absolute Gasteiger partial charge is 0.416 e. The molecule has 0 spiro atoms. The van der Waals surface area contributed by atoms with Crippen molar-refractivity contribution in [2.75, 3.05) is 46.9 Å². The fourth-order valence-electron chi connectivity index (χ4n) is 4.02.